The van der Waals surface area contributed by atoms with E-state index in [9.17, 15) is 14.7 Å². The van der Waals surface area contributed by atoms with Crippen LogP contribution in [-0.4, -0.2) is 35.0 Å². The minimum atomic E-state index is -0.640. The molecule has 4 heteroatoms. The number of aliphatic hydroxyl groups is 1. The topological polar surface area (TPSA) is 63.6 Å². The van der Waals surface area contributed by atoms with E-state index < -0.39 is 11.7 Å². The number of carbonyl (C=O) groups is 2. The SMILES string of the molecule is C[C@]12C=CC(=O)C=C1CC[C@@H]1[C@@H]2[C@H](O)C[C@@]2(C)[C@@H]1CC[C@@]21OCC1=O. The van der Waals surface area contributed by atoms with Gasteiger partial charge in [-0.05, 0) is 56.1 Å². The molecular formula is C21H26O4. The first-order valence-electron chi connectivity index (χ1n) is 9.61. The van der Waals surface area contributed by atoms with E-state index in [0.717, 1.165) is 25.7 Å². The summed E-state index contributed by atoms with van der Waals surface area (Å²) in [4.78, 5) is 24.3. The van der Waals surface area contributed by atoms with Gasteiger partial charge in [0.15, 0.2) is 11.6 Å². The molecule has 134 valence electrons. The number of carbonyl (C=O) groups excluding carboxylic acids is 2. The number of ether oxygens (including phenoxy) is 1. The fourth-order valence-electron chi connectivity index (χ4n) is 7.31. The quantitative estimate of drug-likeness (QED) is 0.735. The summed E-state index contributed by atoms with van der Waals surface area (Å²) in [5.74, 6) is 1.21. The molecule has 5 aliphatic rings. The molecule has 4 fully saturated rings. The van der Waals surface area contributed by atoms with E-state index in [0.29, 0.717) is 18.3 Å². The number of fused-ring (bicyclic) bond motifs is 6. The first-order chi connectivity index (χ1) is 11.8. The second-order valence-electron chi connectivity index (χ2n) is 9.29. The zero-order valence-corrected chi connectivity index (χ0v) is 15.0. The molecule has 0 aromatic heterocycles. The van der Waals surface area contributed by atoms with Crippen LogP contribution in [0.5, 0.6) is 0 Å². The molecule has 0 amide bonds. The van der Waals surface area contributed by atoms with Crippen LogP contribution in [-0.2, 0) is 14.3 Å². The van der Waals surface area contributed by atoms with Crippen LogP contribution in [0.1, 0.15) is 46.0 Å². The van der Waals surface area contributed by atoms with Gasteiger partial charge in [-0.2, -0.15) is 0 Å². The van der Waals surface area contributed by atoms with Gasteiger partial charge in [0.25, 0.3) is 0 Å². The molecule has 25 heavy (non-hydrogen) atoms. The van der Waals surface area contributed by atoms with Crippen LogP contribution in [0.15, 0.2) is 23.8 Å². The zero-order chi connectivity index (χ0) is 17.6. The average molecular weight is 342 g/mol. The Hall–Kier alpha value is -1.26. The lowest BCUT2D eigenvalue weighted by Gasteiger charge is -2.61. The Morgan fingerprint density at radius 2 is 2.04 bits per heavy atom. The summed E-state index contributed by atoms with van der Waals surface area (Å²) in [7, 11) is 0. The molecule has 3 saturated carbocycles. The van der Waals surface area contributed by atoms with Gasteiger partial charge in [0.05, 0.1) is 6.10 Å². The van der Waals surface area contributed by atoms with Crippen LogP contribution in [0.25, 0.3) is 0 Å². The van der Waals surface area contributed by atoms with E-state index >= 15 is 0 Å². The van der Waals surface area contributed by atoms with Gasteiger partial charge in [-0.1, -0.05) is 25.5 Å². The Morgan fingerprint density at radius 1 is 1.24 bits per heavy atom. The summed E-state index contributed by atoms with van der Waals surface area (Å²) in [5, 5.41) is 11.2. The first kappa shape index (κ1) is 16.0. The maximum absolute atomic E-state index is 12.4. The normalized spacial score (nSPS) is 53.8. The summed E-state index contributed by atoms with van der Waals surface area (Å²) in [5.41, 5.74) is 0.0403. The predicted octanol–water partition coefficient (Wildman–Crippen LogP) is 2.60. The highest BCUT2D eigenvalue weighted by atomic mass is 16.5. The smallest absolute Gasteiger partial charge is 0.190 e. The van der Waals surface area contributed by atoms with Gasteiger partial charge in [0.2, 0.25) is 0 Å². The van der Waals surface area contributed by atoms with Crippen molar-refractivity contribution in [1.82, 2.24) is 0 Å². The van der Waals surface area contributed by atoms with E-state index in [1.54, 1.807) is 12.2 Å². The highest BCUT2D eigenvalue weighted by Gasteiger charge is 2.71. The summed E-state index contributed by atoms with van der Waals surface area (Å²) in [6, 6.07) is 0. The number of rotatable bonds is 0. The number of Topliss-reactive ketones (excluding diaryl/α,β-unsaturated/α-hetero) is 1. The van der Waals surface area contributed by atoms with Gasteiger partial charge in [0, 0.05) is 16.7 Å². The highest BCUT2D eigenvalue weighted by molar-refractivity contribution is 6.01. The lowest BCUT2D eigenvalue weighted by molar-refractivity contribution is -0.224. The van der Waals surface area contributed by atoms with Gasteiger partial charge in [-0.15, -0.1) is 0 Å². The van der Waals surface area contributed by atoms with E-state index in [1.807, 2.05) is 6.08 Å². The van der Waals surface area contributed by atoms with Crippen molar-refractivity contribution in [2.45, 2.75) is 57.7 Å². The maximum atomic E-state index is 12.4. The monoisotopic (exact) mass is 342 g/mol. The Kier molecular flexibility index (Phi) is 3.01. The second-order valence-corrected chi connectivity index (χ2v) is 9.29. The average Bonchev–Trinajstić information content (AvgIpc) is 2.88. The van der Waals surface area contributed by atoms with Gasteiger partial charge in [-0.25, -0.2) is 0 Å². The Bertz CT molecular complexity index is 736. The molecule has 5 rings (SSSR count). The number of aliphatic hydroxyl groups excluding tert-OH is 1. The van der Waals surface area contributed by atoms with Crippen molar-refractivity contribution in [3.8, 4) is 0 Å². The van der Waals surface area contributed by atoms with Crippen molar-refractivity contribution < 1.29 is 19.4 Å². The molecule has 0 aromatic carbocycles. The molecule has 0 unspecified atom stereocenters. The third-order valence-corrected chi connectivity index (χ3v) is 8.52. The van der Waals surface area contributed by atoms with Crippen LogP contribution in [0, 0.1) is 28.6 Å². The molecule has 0 radical (unpaired) electrons. The largest absolute Gasteiger partial charge is 0.393 e. The summed E-state index contributed by atoms with van der Waals surface area (Å²) in [6.07, 6.45) is 9.35. The number of allylic oxidation sites excluding steroid dienone is 4. The van der Waals surface area contributed by atoms with Crippen molar-refractivity contribution in [2.75, 3.05) is 6.61 Å². The van der Waals surface area contributed by atoms with E-state index in [4.69, 9.17) is 4.74 Å². The Balaban J connectivity index is 1.56. The van der Waals surface area contributed by atoms with Crippen molar-refractivity contribution in [3.63, 3.8) is 0 Å². The zero-order valence-electron chi connectivity index (χ0n) is 15.0. The molecule has 1 heterocycles. The lowest BCUT2D eigenvalue weighted by Crippen LogP contribution is -2.67. The molecule has 1 aliphatic heterocycles. The van der Waals surface area contributed by atoms with Gasteiger partial charge in [0.1, 0.15) is 12.2 Å². The van der Waals surface area contributed by atoms with Gasteiger partial charge in [-0.3, -0.25) is 9.59 Å². The molecule has 7 atom stereocenters. The molecule has 1 spiro atoms. The van der Waals surface area contributed by atoms with Crippen molar-refractivity contribution in [2.24, 2.45) is 28.6 Å². The van der Waals surface area contributed by atoms with Crippen LogP contribution in [0.4, 0.5) is 0 Å². The van der Waals surface area contributed by atoms with Crippen LogP contribution >= 0.6 is 0 Å². The van der Waals surface area contributed by atoms with Gasteiger partial charge >= 0.3 is 0 Å². The third-order valence-electron chi connectivity index (χ3n) is 8.52. The van der Waals surface area contributed by atoms with Crippen LogP contribution in [0.2, 0.25) is 0 Å². The number of hydrogen-bond acceptors (Lipinski definition) is 4. The number of hydrogen-bond donors (Lipinski definition) is 1. The first-order valence-corrected chi connectivity index (χ1v) is 9.61. The fourth-order valence-corrected chi connectivity index (χ4v) is 7.31. The fraction of sp³-hybridized carbons (Fsp3) is 0.714. The maximum Gasteiger partial charge on any atom is 0.190 e. The van der Waals surface area contributed by atoms with Crippen molar-refractivity contribution in [1.29, 1.82) is 0 Å². The summed E-state index contributed by atoms with van der Waals surface area (Å²) >= 11 is 0. The Labute approximate surface area is 148 Å². The van der Waals surface area contributed by atoms with Crippen LogP contribution < -0.4 is 0 Å². The lowest BCUT2D eigenvalue weighted by atomic mass is 9.46. The van der Waals surface area contributed by atoms with E-state index in [1.165, 1.54) is 5.57 Å². The van der Waals surface area contributed by atoms with Crippen LogP contribution in [0.3, 0.4) is 0 Å². The molecule has 4 nitrogen and oxygen atoms in total. The second kappa shape index (κ2) is 4.72. The van der Waals surface area contributed by atoms with E-state index in [2.05, 4.69) is 13.8 Å². The standard InChI is InChI=1S/C21H26O4/c1-19-7-5-13(22)9-12(19)3-4-14-15-6-8-21(17(24)11-25-21)20(15,2)10-16(23)18(14)19/h5,7,9,14-16,18,23H,3-4,6,8,10-11H2,1-2H3/t14-,15+,16+,18+,19-,20-,21-/m0/s1. The predicted molar refractivity (Wildman–Crippen MR) is 91.7 cm³/mol. The molecule has 0 bridgehead atoms. The minimum absolute atomic E-state index is 0.0642. The molecule has 1 N–H and O–H groups in total. The van der Waals surface area contributed by atoms with Crippen molar-refractivity contribution >= 4 is 11.6 Å². The molecule has 4 aliphatic carbocycles. The number of ketones is 2. The summed E-state index contributed by atoms with van der Waals surface area (Å²) < 4.78 is 5.91. The van der Waals surface area contributed by atoms with Crippen molar-refractivity contribution in [3.05, 3.63) is 23.8 Å². The molecule has 1 saturated heterocycles. The minimum Gasteiger partial charge on any atom is -0.393 e. The Morgan fingerprint density at radius 3 is 2.72 bits per heavy atom. The van der Waals surface area contributed by atoms with E-state index in [-0.39, 0.29) is 34.9 Å². The summed E-state index contributed by atoms with van der Waals surface area (Å²) in [6.45, 7) is 4.59. The third kappa shape index (κ3) is 1.71. The van der Waals surface area contributed by atoms with Gasteiger partial charge < -0.3 is 9.84 Å². The highest BCUT2D eigenvalue weighted by Crippen LogP contribution is 2.68. The molecular weight excluding hydrogens is 316 g/mol. The molecule has 0 aromatic rings.